The SMILES string of the molecule is NC1CCC(C(=O)Nc2ccccc2C(=O)N2CCCCC2)C1. The summed E-state index contributed by atoms with van der Waals surface area (Å²) in [5.74, 6) is -0.0382. The molecule has 0 radical (unpaired) electrons. The second-order valence-corrected chi connectivity index (χ2v) is 6.66. The number of carbonyl (C=O) groups excluding carboxylic acids is 2. The van der Waals surface area contributed by atoms with Gasteiger partial charge in [-0.1, -0.05) is 12.1 Å². The molecule has 2 unspecified atom stereocenters. The van der Waals surface area contributed by atoms with Gasteiger partial charge in [0.1, 0.15) is 0 Å². The third-order valence-electron chi connectivity index (χ3n) is 4.90. The molecule has 0 aromatic heterocycles. The lowest BCUT2D eigenvalue weighted by atomic mass is 10.1. The number of hydrogen-bond acceptors (Lipinski definition) is 3. The summed E-state index contributed by atoms with van der Waals surface area (Å²) in [4.78, 5) is 27.0. The van der Waals surface area contributed by atoms with Crippen LogP contribution >= 0.6 is 0 Å². The Morgan fingerprint density at radius 3 is 2.52 bits per heavy atom. The quantitative estimate of drug-likeness (QED) is 0.899. The molecule has 3 N–H and O–H groups in total. The minimum absolute atomic E-state index is 0.0168. The maximum atomic E-state index is 12.7. The molecule has 3 rings (SSSR count). The van der Waals surface area contributed by atoms with Crippen molar-refractivity contribution in [2.75, 3.05) is 18.4 Å². The highest BCUT2D eigenvalue weighted by atomic mass is 16.2. The number of likely N-dealkylation sites (tertiary alicyclic amines) is 1. The molecular weight excluding hydrogens is 290 g/mol. The summed E-state index contributed by atoms with van der Waals surface area (Å²) in [5.41, 5.74) is 7.10. The van der Waals surface area contributed by atoms with Crippen molar-refractivity contribution < 1.29 is 9.59 Å². The number of benzene rings is 1. The zero-order valence-corrected chi connectivity index (χ0v) is 13.5. The zero-order valence-electron chi connectivity index (χ0n) is 13.5. The molecule has 23 heavy (non-hydrogen) atoms. The van der Waals surface area contributed by atoms with E-state index in [2.05, 4.69) is 5.32 Å². The van der Waals surface area contributed by atoms with Crippen molar-refractivity contribution in [3.63, 3.8) is 0 Å². The van der Waals surface area contributed by atoms with Crippen LogP contribution < -0.4 is 11.1 Å². The highest BCUT2D eigenvalue weighted by Crippen LogP contribution is 2.27. The summed E-state index contributed by atoms with van der Waals surface area (Å²) >= 11 is 0. The lowest BCUT2D eigenvalue weighted by molar-refractivity contribution is -0.119. The van der Waals surface area contributed by atoms with E-state index in [4.69, 9.17) is 5.73 Å². The standard InChI is InChI=1S/C18H25N3O2/c19-14-9-8-13(12-14)17(22)20-16-7-3-2-6-15(16)18(23)21-10-4-1-5-11-21/h2-3,6-7,13-14H,1,4-5,8-12,19H2,(H,20,22). The molecule has 1 heterocycles. The molecule has 5 heteroatoms. The van der Waals surface area contributed by atoms with Gasteiger partial charge in [-0.05, 0) is 50.7 Å². The molecule has 0 spiro atoms. The van der Waals surface area contributed by atoms with E-state index in [1.165, 1.54) is 6.42 Å². The Balaban J connectivity index is 1.72. The predicted octanol–water partition coefficient (Wildman–Crippen LogP) is 2.38. The molecule has 1 aromatic rings. The van der Waals surface area contributed by atoms with Crippen LogP contribution in [0.5, 0.6) is 0 Å². The fraction of sp³-hybridized carbons (Fsp3) is 0.556. The normalized spacial score (nSPS) is 24.5. The van der Waals surface area contributed by atoms with Gasteiger partial charge in [0.15, 0.2) is 0 Å². The summed E-state index contributed by atoms with van der Waals surface area (Å²) in [6.07, 6.45) is 5.75. The maximum Gasteiger partial charge on any atom is 0.255 e. The molecule has 124 valence electrons. The van der Waals surface area contributed by atoms with Gasteiger partial charge in [-0.3, -0.25) is 9.59 Å². The first-order valence-corrected chi connectivity index (χ1v) is 8.60. The Morgan fingerprint density at radius 1 is 1.09 bits per heavy atom. The lowest BCUT2D eigenvalue weighted by Gasteiger charge is -2.27. The Hall–Kier alpha value is -1.88. The molecule has 1 aromatic carbocycles. The van der Waals surface area contributed by atoms with Crippen molar-refractivity contribution in [3.8, 4) is 0 Å². The third-order valence-corrected chi connectivity index (χ3v) is 4.90. The first-order valence-electron chi connectivity index (χ1n) is 8.60. The minimum atomic E-state index is -0.0388. The van der Waals surface area contributed by atoms with E-state index in [1.807, 2.05) is 23.1 Å². The van der Waals surface area contributed by atoms with E-state index in [0.29, 0.717) is 11.3 Å². The van der Waals surface area contributed by atoms with Gasteiger partial charge in [0.05, 0.1) is 11.3 Å². The van der Waals surface area contributed by atoms with Crippen LogP contribution in [0.3, 0.4) is 0 Å². The molecule has 2 aliphatic rings. The van der Waals surface area contributed by atoms with Gasteiger partial charge in [0.2, 0.25) is 5.91 Å². The van der Waals surface area contributed by atoms with Crippen molar-refractivity contribution in [1.29, 1.82) is 0 Å². The van der Waals surface area contributed by atoms with E-state index >= 15 is 0 Å². The second-order valence-electron chi connectivity index (χ2n) is 6.66. The van der Waals surface area contributed by atoms with E-state index in [1.54, 1.807) is 6.07 Å². The van der Waals surface area contributed by atoms with Crippen molar-refractivity contribution >= 4 is 17.5 Å². The fourth-order valence-corrected chi connectivity index (χ4v) is 3.54. The minimum Gasteiger partial charge on any atom is -0.339 e. The number of amides is 2. The number of carbonyl (C=O) groups is 2. The van der Waals surface area contributed by atoms with Gasteiger partial charge in [-0.25, -0.2) is 0 Å². The maximum absolute atomic E-state index is 12.7. The number of nitrogens with two attached hydrogens (primary N) is 1. The van der Waals surface area contributed by atoms with Crippen LogP contribution in [0.2, 0.25) is 0 Å². The number of piperidine rings is 1. The van der Waals surface area contributed by atoms with Gasteiger partial charge in [0.25, 0.3) is 5.91 Å². The smallest absolute Gasteiger partial charge is 0.255 e. The first kappa shape index (κ1) is 16.0. The van der Waals surface area contributed by atoms with Gasteiger partial charge in [-0.15, -0.1) is 0 Å². The number of para-hydroxylation sites is 1. The van der Waals surface area contributed by atoms with Crippen molar-refractivity contribution in [3.05, 3.63) is 29.8 Å². The van der Waals surface area contributed by atoms with Gasteiger partial charge >= 0.3 is 0 Å². The molecule has 2 atom stereocenters. The molecule has 1 saturated carbocycles. The lowest BCUT2D eigenvalue weighted by Crippen LogP contribution is -2.36. The highest BCUT2D eigenvalue weighted by molar-refractivity contribution is 6.04. The van der Waals surface area contributed by atoms with Crippen LogP contribution in [0.25, 0.3) is 0 Å². The van der Waals surface area contributed by atoms with E-state index in [0.717, 1.165) is 45.2 Å². The van der Waals surface area contributed by atoms with Crippen LogP contribution in [0.4, 0.5) is 5.69 Å². The fourth-order valence-electron chi connectivity index (χ4n) is 3.54. The molecule has 1 aliphatic carbocycles. The van der Waals surface area contributed by atoms with Gasteiger partial charge in [-0.2, -0.15) is 0 Å². The number of rotatable bonds is 3. The largest absolute Gasteiger partial charge is 0.339 e. The molecule has 5 nitrogen and oxygen atoms in total. The summed E-state index contributed by atoms with van der Waals surface area (Å²) in [6.45, 7) is 1.61. The first-order chi connectivity index (χ1) is 11.1. The van der Waals surface area contributed by atoms with Crippen molar-refractivity contribution in [2.24, 2.45) is 11.7 Å². The van der Waals surface area contributed by atoms with Crippen molar-refractivity contribution in [1.82, 2.24) is 4.90 Å². The predicted molar refractivity (Wildman–Crippen MR) is 90.1 cm³/mol. The summed E-state index contributed by atoms with van der Waals surface area (Å²) < 4.78 is 0. The monoisotopic (exact) mass is 315 g/mol. The average molecular weight is 315 g/mol. The molecular formula is C18H25N3O2. The summed E-state index contributed by atoms with van der Waals surface area (Å²) in [7, 11) is 0. The number of nitrogens with zero attached hydrogens (tertiary/aromatic N) is 1. The topological polar surface area (TPSA) is 75.4 Å². The van der Waals surface area contributed by atoms with Crippen molar-refractivity contribution in [2.45, 2.75) is 44.6 Å². The Bertz CT molecular complexity index is 581. The van der Waals surface area contributed by atoms with Crippen LogP contribution in [0, 0.1) is 5.92 Å². The molecule has 2 amide bonds. The number of nitrogens with one attached hydrogen (secondary N) is 1. The Morgan fingerprint density at radius 2 is 1.83 bits per heavy atom. The number of hydrogen-bond donors (Lipinski definition) is 2. The second kappa shape index (κ2) is 7.13. The van der Waals surface area contributed by atoms with Gasteiger partial charge < -0.3 is 16.0 Å². The molecule has 1 saturated heterocycles. The van der Waals surface area contributed by atoms with E-state index in [9.17, 15) is 9.59 Å². The van der Waals surface area contributed by atoms with Gasteiger partial charge in [0, 0.05) is 25.0 Å². The molecule has 0 bridgehead atoms. The summed E-state index contributed by atoms with van der Waals surface area (Å²) in [5, 5.41) is 2.95. The Kier molecular flexibility index (Phi) is 4.96. The molecule has 2 fully saturated rings. The average Bonchev–Trinajstić information content (AvgIpc) is 3.02. The number of anilines is 1. The zero-order chi connectivity index (χ0) is 16.2. The summed E-state index contributed by atoms with van der Waals surface area (Å²) in [6, 6.07) is 7.43. The van der Waals surface area contributed by atoms with Crippen LogP contribution in [0.15, 0.2) is 24.3 Å². The van der Waals surface area contributed by atoms with E-state index in [-0.39, 0.29) is 23.8 Å². The van der Waals surface area contributed by atoms with Crippen LogP contribution in [-0.2, 0) is 4.79 Å². The third kappa shape index (κ3) is 3.72. The Labute approximate surface area is 137 Å². The van der Waals surface area contributed by atoms with E-state index < -0.39 is 0 Å². The van der Waals surface area contributed by atoms with Crippen LogP contribution in [0.1, 0.15) is 48.9 Å². The highest BCUT2D eigenvalue weighted by Gasteiger charge is 2.29. The molecule has 1 aliphatic heterocycles. The van der Waals surface area contributed by atoms with Crippen LogP contribution in [-0.4, -0.2) is 35.8 Å².